The Morgan fingerprint density at radius 2 is 2.00 bits per heavy atom. The van der Waals surface area contributed by atoms with E-state index in [4.69, 9.17) is 0 Å². The highest BCUT2D eigenvalue weighted by Crippen LogP contribution is 2.23. The Labute approximate surface area is 59.4 Å². The molecule has 0 aliphatic carbocycles. The van der Waals surface area contributed by atoms with E-state index in [1.807, 2.05) is 0 Å². The molecule has 0 fully saturated rings. The van der Waals surface area contributed by atoms with Crippen molar-refractivity contribution in [3.63, 3.8) is 0 Å². The third-order valence-electron chi connectivity index (χ3n) is 0.951. The van der Waals surface area contributed by atoms with Crippen molar-refractivity contribution < 1.29 is 4.79 Å². The van der Waals surface area contributed by atoms with E-state index in [2.05, 4.69) is 23.8 Å². The smallest absolute Gasteiger partial charge is 0.236 e. The van der Waals surface area contributed by atoms with Crippen LogP contribution in [0, 0.1) is 0 Å². The molecule has 0 amide bonds. The molecule has 2 atom stereocenters. The van der Waals surface area contributed by atoms with Gasteiger partial charge in [0.15, 0.2) is 0 Å². The summed E-state index contributed by atoms with van der Waals surface area (Å²) in [4.78, 5) is 13.3. The number of isocyanates is 1. The molecule has 0 aliphatic rings. The standard InChI is InChI=1S/C4H10N2OP2/c1-4(2,5-3-7)6(8)9/h8-9H2,1-2H3. The number of hydrogen-bond donors (Lipinski definition) is 0. The summed E-state index contributed by atoms with van der Waals surface area (Å²) in [7, 11) is 4.80. The average Bonchev–Trinajstić information content (AvgIpc) is 1.65. The Bertz CT molecular complexity index is 140. The second kappa shape index (κ2) is 3.39. The Morgan fingerprint density at radius 1 is 1.56 bits per heavy atom. The van der Waals surface area contributed by atoms with Gasteiger partial charge >= 0.3 is 0 Å². The van der Waals surface area contributed by atoms with Crippen LogP contribution in [0.5, 0.6) is 0 Å². The van der Waals surface area contributed by atoms with Gasteiger partial charge in [0.25, 0.3) is 0 Å². The Hall–Kier alpha value is 0.200. The third-order valence-corrected chi connectivity index (χ3v) is 2.21. The highest BCUT2D eigenvalue weighted by Gasteiger charge is 2.18. The van der Waals surface area contributed by atoms with Gasteiger partial charge in [-0.2, -0.15) is 4.99 Å². The maximum Gasteiger partial charge on any atom is 0.236 e. The van der Waals surface area contributed by atoms with Crippen molar-refractivity contribution in [2.24, 2.45) is 4.99 Å². The second-order valence-corrected chi connectivity index (χ2v) is 3.81. The highest BCUT2D eigenvalue weighted by atomic mass is 31.1. The predicted octanol–water partition coefficient (Wildman–Crippen LogP) is 0.940. The maximum absolute atomic E-state index is 9.79. The molecule has 3 nitrogen and oxygen atoms in total. The lowest BCUT2D eigenvalue weighted by atomic mass is 10.3. The van der Waals surface area contributed by atoms with Gasteiger partial charge in [0.2, 0.25) is 6.08 Å². The first-order chi connectivity index (χ1) is 4.00. The van der Waals surface area contributed by atoms with Gasteiger partial charge < -0.3 is 0 Å². The van der Waals surface area contributed by atoms with Crippen LogP contribution in [-0.2, 0) is 4.79 Å². The molecule has 0 radical (unpaired) electrons. The summed E-state index contributed by atoms with van der Waals surface area (Å²) in [5.41, 5.74) is -0.489. The van der Waals surface area contributed by atoms with Crippen molar-refractivity contribution in [3.8, 4) is 0 Å². The van der Waals surface area contributed by atoms with Crippen molar-refractivity contribution in [1.29, 1.82) is 0 Å². The first kappa shape index (κ1) is 9.20. The van der Waals surface area contributed by atoms with Crippen molar-refractivity contribution in [1.82, 2.24) is 4.44 Å². The quantitative estimate of drug-likeness (QED) is 0.345. The van der Waals surface area contributed by atoms with Crippen LogP contribution in [0.1, 0.15) is 13.8 Å². The molecular formula is C4H10N2OP2. The lowest BCUT2D eigenvalue weighted by molar-refractivity contribution is 0.386. The summed E-state index contributed by atoms with van der Waals surface area (Å²) in [6, 6.07) is 0. The summed E-state index contributed by atoms with van der Waals surface area (Å²) in [6.07, 6.45) is 1.50. The van der Waals surface area contributed by atoms with E-state index in [0.29, 0.717) is 0 Å². The highest BCUT2D eigenvalue weighted by molar-refractivity contribution is 7.31. The molecule has 9 heavy (non-hydrogen) atoms. The maximum atomic E-state index is 9.79. The summed E-state index contributed by atoms with van der Waals surface area (Å²) >= 11 is 0. The fourth-order valence-electron chi connectivity index (χ4n) is 0.169. The van der Waals surface area contributed by atoms with E-state index >= 15 is 0 Å². The minimum atomic E-state index is -0.489. The average molecular weight is 164 g/mol. The first-order valence-electron chi connectivity index (χ1n) is 2.39. The van der Waals surface area contributed by atoms with Crippen molar-refractivity contribution >= 4 is 24.9 Å². The van der Waals surface area contributed by atoms with Crippen molar-refractivity contribution in [2.45, 2.75) is 19.5 Å². The van der Waals surface area contributed by atoms with Crippen LogP contribution >= 0.6 is 18.8 Å². The first-order valence-corrected chi connectivity index (χ1v) is 3.42. The molecule has 0 saturated heterocycles. The molecule has 0 bridgehead atoms. The van der Waals surface area contributed by atoms with E-state index in [-0.39, 0.29) is 0 Å². The van der Waals surface area contributed by atoms with Gasteiger partial charge in [0.1, 0.15) is 5.66 Å². The van der Waals surface area contributed by atoms with Crippen LogP contribution in [0.15, 0.2) is 4.99 Å². The van der Waals surface area contributed by atoms with Gasteiger partial charge in [-0.25, -0.2) is 9.24 Å². The fourth-order valence-corrected chi connectivity index (χ4v) is 0.285. The van der Waals surface area contributed by atoms with E-state index in [1.165, 1.54) is 6.08 Å². The van der Waals surface area contributed by atoms with Crippen LogP contribution < -0.4 is 0 Å². The molecule has 2 unspecified atom stereocenters. The number of carbonyl (C=O) groups excluding carboxylic acids is 1. The fraction of sp³-hybridized carbons (Fsp3) is 0.750. The molecule has 0 aromatic rings. The van der Waals surface area contributed by atoms with Crippen molar-refractivity contribution in [2.75, 3.05) is 0 Å². The van der Waals surface area contributed by atoms with Crippen molar-refractivity contribution in [3.05, 3.63) is 0 Å². The lowest BCUT2D eigenvalue weighted by Crippen LogP contribution is -2.26. The molecule has 0 saturated carbocycles. The summed E-state index contributed by atoms with van der Waals surface area (Å²) in [5, 5.41) is 0. The molecule has 0 N–H and O–H groups in total. The molecule has 5 heteroatoms. The van der Waals surface area contributed by atoms with Gasteiger partial charge in [0.05, 0.1) is 0 Å². The van der Waals surface area contributed by atoms with Crippen LogP contribution in [0.3, 0.4) is 0 Å². The number of rotatable bonds is 2. The summed E-state index contributed by atoms with van der Waals surface area (Å²) in [5.74, 6) is 0. The van der Waals surface area contributed by atoms with Gasteiger partial charge in [0, 0.05) is 0 Å². The number of nitrogens with zero attached hydrogens (tertiary/aromatic N) is 2. The molecule has 0 aromatic carbocycles. The number of aliphatic imine (C=N–C) groups is 1. The third kappa shape index (κ3) is 3.03. The van der Waals surface area contributed by atoms with Gasteiger partial charge in [-0.1, -0.05) is 18.8 Å². The molecule has 0 heterocycles. The molecule has 0 spiro atoms. The predicted molar refractivity (Wildman–Crippen MR) is 43.5 cm³/mol. The van der Waals surface area contributed by atoms with Crippen LogP contribution in [0.25, 0.3) is 0 Å². The topological polar surface area (TPSA) is 32.7 Å². The van der Waals surface area contributed by atoms with E-state index < -0.39 is 5.66 Å². The Kier molecular flexibility index (Phi) is 3.46. The Balaban J connectivity index is 4.18. The van der Waals surface area contributed by atoms with Gasteiger partial charge in [-0.15, -0.1) is 0 Å². The minimum Gasteiger partial charge on any atom is -0.247 e. The molecule has 52 valence electrons. The van der Waals surface area contributed by atoms with Gasteiger partial charge in [-0.05, 0) is 13.8 Å². The van der Waals surface area contributed by atoms with E-state index in [0.717, 1.165) is 0 Å². The molecular weight excluding hydrogens is 154 g/mol. The van der Waals surface area contributed by atoms with E-state index in [9.17, 15) is 4.79 Å². The molecule has 0 aromatic heterocycles. The van der Waals surface area contributed by atoms with Crippen LogP contribution in [-0.4, -0.2) is 16.2 Å². The minimum absolute atomic E-state index is 0.489. The second-order valence-electron chi connectivity index (χ2n) is 2.10. The van der Waals surface area contributed by atoms with Gasteiger partial charge in [-0.3, -0.25) is 0 Å². The zero-order chi connectivity index (χ0) is 7.49. The SMILES string of the molecule is CC(C)(N=C=O)N(P)P. The Morgan fingerprint density at radius 3 is 2.11 bits per heavy atom. The molecule has 0 aliphatic heterocycles. The zero-order valence-corrected chi connectivity index (χ0v) is 7.77. The normalized spacial score (nSPS) is 11.2. The largest absolute Gasteiger partial charge is 0.247 e. The van der Waals surface area contributed by atoms with E-state index in [1.54, 1.807) is 18.3 Å². The molecule has 0 rings (SSSR count). The zero-order valence-electron chi connectivity index (χ0n) is 5.46. The lowest BCUT2D eigenvalue weighted by Gasteiger charge is -2.24. The van der Waals surface area contributed by atoms with Crippen LogP contribution in [0.2, 0.25) is 0 Å². The number of hydrogen-bond acceptors (Lipinski definition) is 3. The summed E-state index contributed by atoms with van der Waals surface area (Å²) in [6.45, 7) is 3.61. The van der Waals surface area contributed by atoms with Crippen LogP contribution in [0.4, 0.5) is 0 Å². The summed E-state index contributed by atoms with van der Waals surface area (Å²) < 4.78 is 1.68. The monoisotopic (exact) mass is 164 g/mol.